The van der Waals surface area contributed by atoms with Crippen LogP contribution in [0.2, 0.25) is 0 Å². The first-order valence-electron chi connectivity index (χ1n) is 13.9. The van der Waals surface area contributed by atoms with Gasteiger partial charge < -0.3 is 14.5 Å². The molecule has 33 heavy (non-hydrogen) atoms. The molecule has 1 unspecified atom stereocenters. The molecule has 0 radical (unpaired) electrons. The van der Waals surface area contributed by atoms with Gasteiger partial charge in [0.05, 0.1) is 31.7 Å². The van der Waals surface area contributed by atoms with Crippen LogP contribution >= 0.6 is 0 Å². The maximum Gasteiger partial charge on any atom is 0.407 e. The second kappa shape index (κ2) is 17.9. The highest BCUT2D eigenvalue weighted by atomic mass is 16.6. The number of hydrogen-bond donors (Lipinski definition) is 1. The molecule has 1 fully saturated rings. The Morgan fingerprint density at radius 2 is 1.36 bits per heavy atom. The number of hydrogen-bond acceptors (Lipinski definition) is 2. The number of carbonyl (C=O) groups is 1. The summed E-state index contributed by atoms with van der Waals surface area (Å²) in [5, 5.41) is 2.71. The van der Waals surface area contributed by atoms with Crippen LogP contribution in [0.3, 0.4) is 0 Å². The number of alkyl carbamates (subject to hydrolysis) is 1. The summed E-state index contributed by atoms with van der Waals surface area (Å²) in [6, 6.07) is 10.7. The molecule has 1 aromatic rings. The van der Waals surface area contributed by atoms with Crippen LogP contribution in [-0.2, 0) is 4.74 Å². The lowest BCUT2D eigenvalue weighted by atomic mass is 9.97. The van der Waals surface area contributed by atoms with Gasteiger partial charge in [-0.1, -0.05) is 97.1 Å². The maximum atomic E-state index is 10.7. The highest BCUT2D eigenvalue weighted by Crippen LogP contribution is 2.27. The molecule has 4 nitrogen and oxygen atoms in total. The summed E-state index contributed by atoms with van der Waals surface area (Å²) in [5.74, 6) is 0. The maximum absolute atomic E-state index is 10.7. The fraction of sp³-hybridized carbons (Fsp3) is 0.759. The molecule has 1 saturated heterocycles. The standard InChI is InChI=1S/C20H44N.C9H9NO2/c1-6-11-16-20(15-10-5)21(17-12-7-2,18-13-8-3)19-14-9-4;11-9-10-8(6-12-9)7-4-2-1-3-5-7/h20H,6-19H2,1-5H3;1-5,8H,6H2,(H,10,11)/q+1;/t;8-/m.1/s1. The lowest BCUT2D eigenvalue weighted by molar-refractivity contribution is -0.952. The van der Waals surface area contributed by atoms with E-state index in [0.717, 1.165) is 11.6 Å². The van der Waals surface area contributed by atoms with Crippen molar-refractivity contribution in [3.05, 3.63) is 35.9 Å². The molecule has 0 aliphatic carbocycles. The number of rotatable bonds is 16. The number of benzene rings is 1. The minimum atomic E-state index is -0.330. The Hall–Kier alpha value is -1.55. The quantitative estimate of drug-likeness (QED) is 0.253. The third-order valence-electron chi connectivity index (χ3n) is 7.03. The Kier molecular flexibility index (Phi) is 16.0. The first kappa shape index (κ1) is 29.5. The molecule has 0 saturated carbocycles. The zero-order chi connectivity index (χ0) is 24.4. The van der Waals surface area contributed by atoms with E-state index in [0.29, 0.717) is 6.61 Å². The van der Waals surface area contributed by atoms with E-state index < -0.39 is 0 Å². The molecule has 2 atom stereocenters. The number of amides is 1. The van der Waals surface area contributed by atoms with Gasteiger partial charge in [0.25, 0.3) is 0 Å². The van der Waals surface area contributed by atoms with Gasteiger partial charge in [-0.15, -0.1) is 0 Å². The van der Waals surface area contributed by atoms with E-state index in [2.05, 4.69) is 39.9 Å². The molecule has 1 aliphatic heterocycles. The SMILES string of the molecule is CCCCC(CCC)[N+](CCCC)(CCCC)CCCC.O=C1N[C@@H](c2ccccc2)CO1. The Labute approximate surface area is 205 Å². The molecule has 0 spiro atoms. The third kappa shape index (κ3) is 10.9. The van der Waals surface area contributed by atoms with Gasteiger partial charge >= 0.3 is 6.09 Å². The van der Waals surface area contributed by atoms with Gasteiger partial charge in [-0.25, -0.2) is 4.79 Å². The lowest BCUT2D eigenvalue weighted by Gasteiger charge is -2.46. The van der Waals surface area contributed by atoms with E-state index in [1.807, 2.05) is 30.3 Å². The van der Waals surface area contributed by atoms with Crippen LogP contribution < -0.4 is 5.32 Å². The average Bonchev–Trinajstić information content (AvgIpc) is 3.29. The normalized spacial score (nSPS) is 16.5. The summed E-state index contributed by atoms with van der Waals surface area (Å²) >= 11 is 0. The number of ether oxygens (including phenoxy) is 1. The molecule has 2 rings (SSSR count). The summed E-state index contributed by atoms with van der Waals surface area (Å²) in [5.41, 5.74) is 1.09. The van der Waals surface area contributed by atoms with Crippen molar-refractivity contribution in [2.45, 2.75) is 117 Å². The van der Waals surface area contributed by atoms with Gasteiger partial charge in [0.15, 0.2) is 0 Å². The van der Waals surface area contributed by atoms with Gasteiger partial charge in [0.1, 0.15) is 6.61 Å². The number of carbonyl (C=O) groups excluding carboxylic acids is 1. The monoisotopic (exact) mass is 461 g/mol. The van der Waals surface area contributed by atoms with Crippen molar-refractivity contribution in [2.24, 2.45) is 0 Å². The van der Waals surface area contributed by atoms with E-state index in [9.17, 15) is 4.79 Å². The zero-order valence-corrected chi connectivity index (χ0v) is 22.4. The minimum Gasteiger partial charge on any atom is -0.447 e. The molecule has 0 bridgehead atoms. The Bertz CT molecular complexity index is 583. The largest absolute Gasteiger partial charge is 0.447 e. The number of cyclic esters (lactones) is 1. The van der Waals surface area contributed by atoms with Gasteiger partial charge in [0, 0.05) is 0 Å². The topological polar surface area (TPSA) is 38.3 Å². The molecule has 190 valence electrons. The Morgan fingerprint density at radius 1 is 0.818 bits per heavy atom. The van der Waals surface area contributed by atoms with E-state index in [4.69, 9.17) is 4.74 Å². The minimum absolute atomic E-state index is 0.0266. The summed E-state index contributed by atoms with van der Waals surface area (Å²) in [7, 11) is 0. The van der Waals surface area contributed by atoms with Gasteiger partial charge in [-0.3, -0.25) is 0 Å². The first-order chi connectivity index (χ1) is 16.1. The molecule has 0 aromatic heterocycles. The van der Waals surface area contributed by atoms with Crippen LogP contribution in [0.4, 0.5) is 4.79 Å². The summed E-state index contributed by atoms with van der Waals surface area (Å²) in [6.07, 6.45) is 15.0. The first-order valence-corrected chi connectivity index (χ1v) is 13.9. The van der Waals surface area contributed by atoms with Gasteiger partial charge in [-0.05, 0) is 44.1 Å². The highest BCUT2D eigenvalue weighted by molar-refractivity contribution is 5.70. The number of unbranched alkanes of at least 4 members (excludes halogenated alkanes) is 4. The van der Waals surface area contributed by atoms with Crippen LogP contribution in [-0.4, -0.2) is 42.9 Å². The van der Waals surface area contributed by atoms with E-state index >= 15 is 0 Å². The summed E-state index contributed by atoms with van der Waals surface area (Å²) in [6.45, 7) is 16.5. The molecule has 1 aromatic carbocycles. The van der Waals surface area contributed by atoms with Crippen LogP contribution in [0.5, 0.6) is 0 Å². The van der Waals surface area contributed by atoms with Crippen molar-refractivity contribution in [3.63, 3.8) is 0 Å². The van der Waals surface area contributed by atoms with E-state index in [-0.39, 0.29) is 12.1 Å². The molecule has 4 heteroatoms. The highest BCUT2D eigenvalue weighted by Gasteiger charge is 2.34. The zero-order valence-electron chi connectivity index (χ0n) is 22.4. The van der Waals surface area contributed by atoms with Crippen molar-refractivity contribution in [3.8, 4) is 0 Å². The van der Waals surface area contributed by atoms with Crippen LogP contribution in [0, 0.1) is 0 Å². The number of nitrogens with one attached hydrogen (secondary N) is 1. The second-order valence-corrected chi connectivity index (χ2v) is 9.74. The van der Waals surface area contributed by atoms with Crippen molar-refractivity contribution < 1.29 is 14.0 Å². The molecule has 1 N–H and O–H groups in total. The number of nitrogens with zero attached hydrogens (tertiary/aromatic N) is 1. The predicted molar refractivity (Wildman–Crippen MR) is 141 cm³/mol. The summed E-state index contributed by atoms with van der Waals surface area (Å²) < 4.78 is 6.22. The lowest BCUT2D eigenvalue weighted by Crippen LogP contribution is -2.57. The van der Waals surface area contributed by atoms with Gasteiger partial charge in [-0.2, -0.15) is 0 Å². The van der Waals surface area contributed by atoms with Crippen molar-refractivity contribution >= 4 is 6.09 Å². The second-order valence-electron chi connectivity index (χ2n) is 9.74. The van der Waals surface area contributed by atoms with E-state index in [1.165, 1.54) is 94.7 Å². The van der Waals surface area contributed by atoms with Crippen molar-refractivity contribution in [1.29, 1.82) is 0 Å². The van der Waals surface area contributed by atoms with Crippen LogP contribution in [0.1, 0.15) is 117 Å². The average molecular weight is 462 g/mol. The molecule has 1 aliphatic rings. The predicted octanol–water partition coefficient (Wildman–Crippen LogP) is 8.03. The van der Waals surface area contributed by atoms with Gasteiger partial charge in [0.2, 0.25) is 0 Å². The van der Waals surface area contributed by atoms with Crippen LogP contribution in [0.15, 0.2) is 30.3 Å². The summed E-state index contributed by atoms with van der Waals surface area (Å²) in [4.78, 5) is 10.7. The third-order valence-corrected chi connectivity index (χ3v) is 7.03. The fourth-order valence-electron chi connectivity index (χ4n) is 5.02. The Balaban J connectivity index is 0.000000377. The fourth-order valence-corrected chi connectivity index (χ4v) is 5.02. The molecule has 1 amide bonds. The molecular formula is C29H53N2O2+. The van der Waals surface area contributed by atoms with Crippen LogP contribution in [0.25, 0.3) is 0 Å². The van der Waals surface area contributed by atoms with E-state index in [1.54, 1.807) is 0 Å². The van der Waals surface area contributed by atoms with Crippen molar-refractivity contribution in [2.75, 3.05) is 26.2 Å². The smallest absolute Gasteiger partial charge is 0.407 e. The molecular weight excluding hydrogens is 408 g/mol. The van der Waals surface area contributed by atoms with Crippen molar-refractivity contribution in [1.82, 2.24) is 5.32 Å². The number of quaternary nitrogens is 1. The Morgan fingerprint density at radius 3 is 1.79 bits per heavy atom. The molecule has 1 heterocycles.